The van der Waals surface area contributed by atoms with Crippen molar-refractivity contribution < 1.29 is 10.2 Å². The van der Waals surface area contributed by atoms with Gasteiger partial charge >= 0.3 is 0 Å². The van der Waals surface area contributed by atoms with Gasteiger partial charge in [-0.05, 0) is 44.8 Å². The summed E-state index contributed by atoms with van der Waals surface area (Å²) in [6, 6.07) is 16.5. The van der Waals surface area contributed by atoms with Crippen LogP contribution in [0.1, 0.15) is 17.2 Å². The molecule has 0 aliphatic heterocycles. The van der Waals surface area contributed by atoms with E-state index in [1.165, 1.54) is 10.8 Å². The standard InChI is InChI=1S/C18H14O2/c19-17-8-7-14-15(18(17)20)6-5-13-9-11-3-1-2-4-12(11)10-16(13)14/h1-10,17-20H/t17-,18-/m0/s1. The third-order valence-corrected chi connectivity index (χ3v) is 4.06. The van der Waals surface area contributed by atoms with E-state index >= 15 is 0 Å². The largest absolute Gasteiger partial charge is 0.386 e. The predicted molar refractivity (Wildman–Crippen MR) is 81.5 cm³/mol. The van der Waals surface area contributed by atoms with Gasteiger partial charge < -0.3 is 10.2 Å². The maximum atomic E-state index is 10.1. The Morgan fingerprint density at radius 2 is 1.55 bits per heavy atom. The highest BCUT2D eigenvalue weighted by molar-refractivity contribution is 6.02. The van der Waals surface area contributed by atoms with Gasteiger partial charge in [0.15, 0.2) is 0 Å². The summed E-state index contributed by atoms with van der Waals surface area (Å²) in [4.78, 5) is 0. The van der Waals surface area contributed by atoms with Crippen molar-refractivity contribution in [3.05, 3.63) is 65.7 Å². The van der Waals surface area contributed by atoms with Crippen molar-refractivity contribution in [1.29, 1.82) is 0 Å². The lowest BCUT2D eigenvalue weighted by Crippen LogP contribution is -2.19. The molecule has 2 heteroatoms. The van der Waals surface area contributed by atoms with Crippen molar-refractivity contribution in [1.82, 2.24) is 0 Å². The summed E-state index contributed by atoms with van der Waals surface area (Å²) >= 11 is 0. The summed E-state index contributed by atoms with van der Waals surface area (Å²) in [6.07, 6.45) is 1.90. The molecule has 2 N–H and O–H groups in total. The van der Waals surface area contributed by atoms with E-state index in [2.05, 4.69) is 24.3 Å². The quantitative estimate of drug-likeness (QED) is 0.609. The van der Waals surface area contributed by atoms with Crippen LogP contribution in [0.5, 0.6) is 0 Å². The lowest BCUT2D eigenvalue weighted by molar-refractivity contribution is 0.0471. The van der Waals surface area contributed by atoms with E-state index in [9.17, 15) is 10.2 Å². The monoisotopic (exact) mass is 262 g/mol. The average molecular weight is 262 g/mol. The molecular weight excluding hydrogens is 248 g/mol. The minimum Gasteiger partial charge on any atom is -0.386 e. The third-order valence-electron chi connectivity index (χ3n) is 4.06. The Hall–Kier alpha value is -2.16. The first kappa shape index (κ1) is 11.6. The Labute approximate surface area is 116 Å². The molecule has 4 rings (SSSR count). The number of aliphatic hydroxyl groups is 2. The van der Waals surface area contributed by atoms with E-state index < -0.39 is 12.2 Å². The summed E-state index contributed by atoms with van der Waals surface area (Å²) in [7, 11) is 0. The van der Waals surface area contributed by atoms with Crippen LogP contribution < -0.4 is 0 Å². The van der Waals surface area contributed by atoms with Crippen LogP contribution in [0.25, 0.3) is 27.6 Å². The molecule has 1 aliphatic carbocycles. The molecule has 2 atom stereocenters. The molecule has 2 nitrogen and oxygen atoms in total. The van der Waals surface area contributed by atoms with Gasteiger partial charge in [0.05, 0.1) is 0 Å². The van der Waals surface area contributed by atoms with E-state index in [0.717, 1.165) is 21.9 Å². The highest BCUT2D eigenvalue weighted by atomic mass is 16.3. The number of hydrogen-bond acceptors (Lipinski definition) is 2. The average Bonchev–Trinajstić information content (AvgIpc) is 2.48. The van der Waals surface area contributed by atoms with Gasteiger partial charge in [-0.3, -0.25) is 0 Å². The predicted octanol–water partition coefficient (Wildman–Crippen LogP) is 3.41. The van der Waals surface area contributed by atoms with E-state index in [1.807, 2.05) is 30.3 Å². The first-order chi connectivity index (χ1) is 9.74. The molecule has 1 aliphatic rings. The summed E-state index contributed by atoms with van der Waals surface area (Å²) < 4.78 is 0. The van der Waals surface area contributed by atoms with Gasteiger partial charge in [-0.1, -0.05) is 48.6 Å². The van der Waals surface area contributed by atoms with Crippen LogP contribution in [0.15, 0.2) is 54.6 Å². The Kier molecular flexibility index (Phi) is 2.43. The highest BCUT2D eigenvalue weighted by Crippen LogP contribution is 2.35. The Bertz CT molecular complexity index is 849. The van der Waals surface area contributed by atoms with E-state index in [4.69, 9.17) is 0 Å². The second kappa shape index (κ2) is 4.17. The summed E-state index contributed by atoms with van der Waals surface area (Å²) in [5.74, 6) is 0. The van der Waals surface area contributed by atoms with Gasteiger partial charge in [0.1, 0.15) is 12.2 Å². The summed E-state index contributed by atoms with van der Waals surface area (Å²) in [6.45, 7) is 0. The SMILES string of the molecule is O[C@H]1C=Cc2c(ccc3cc4ccccc4cc23)[C@@H]1O. The Morgan fingerprint density at radius 3 is 2.35 bits per heavy atom. The van der Waals surface area contributed by atoms with Crippen molar-refractivity contribution in [3.8, 4) is 0 Å². The molecule has 0 heterocycles. The minimum absolute atomic E-state index is 0.794. The number of rotatable bonds is 0. The van der Waals surface area contributed by atoms with Gasteiger partial charge in [0, 0.05) is 0 Å². The molecule has 0 spiro atoms. The van der Waals surface area contributed by atoms with Crippen molar-refractivity contribution >= 4 is 27.6 Å². The molecule has 3 aromatic carbocycles. The van der Waals surface area contributed by atoms with Crippen LogP contribution in [0, 0.1) is 0 Å². The van der Waals surface area contributed by atoms with Crippen LogP contribution in [0.3, 0.4) is 0 Å². The van der Waals surface area contributed by atoms with Crippen LogP contribution in [-0.2, 0) is 0 Å². The summed E-state index contributed by atoms with van der Waals surface area (Å²) in [5.41, 5.74) is 1.80. The first-order valence-corrected chi connectivity index (χ1v) is 6.74. The van der Waals surface area contributed by atoms with Crippen molar-refractivity contribution in [2.75, 3.05) is 0 Å². The zero-order valence-electron chi connectivity index (χ0n) is 10.8. The molecular formula is C18H14O2. The van der Waals surface area contributed by atoms with E-state index in [1.54, 1.807) is 6.08 Å². The molecule has 0 saturated heterocycles. The number of benzene rings is 3. The molecule has 20 heavy (non-hydrogen) atoms. The smallest absolute Gasteiger partial charge is 0.109 e. The number of fused-ring (bicyclic) bond motifs is 4. The molecule has 98 valence electrons. The lowest BCUT2D eigenvalue weighted by atomic mass is 9.88. The maximum Gasteiger partial charge on any atom is 0.109 e. The highest BCUT2D eigenvalue weighted by Gasteiger charge is 2.23. The number of hydrogen-bond donors (Lipinski definition) is 2. The van der Waals surface area contributed by atoms with Gasteiger partial charge in [-0.25, -0.2) is 0 Å². The van der Waals surface area contributed by atoms with Gasteiger partial charge in [-0.2, -0.15) is 0 Å². The second-order valence-corrected chi connectivity index (χ2v) is 5.28. The van der Waals surface area contributed by atoms with Crippen LogP contribution in [0.2, 0.25) is 0 Å². The zero-order chi connectivity index (χ0) is 13.7. The Morgan fingerprint density at radius 1 is 0.800 bits per heavy atom. The number of aliphatic hydroxyl groups excluding tert-OH is 2. The summed E-state index contributed by atoms with van der Waals surface area (Å²) in [5, 5.41) is 24.5. The normalized spacial score (nSPS) is 21.3. The van der Waals surface area contributed by atoms with Crippen molar-refractivity contribution in [3.63, 3.8) is 0 Å². The van der Waals surface area contributed by atoms with Gasteiger partial charge in [-0.15, -0.1) is 0 Å². The lowest BCUT2D eigenvalue weighted by Gasteiger charge is -2.23. The fourth-order valence-electron chi connectivity index (χ4n) is 2.98. The molecule has 0 saturated carbocycles. The fraction of sp³-hybridized carbons (Fsp3) is 0.111. The second-order valence-electron chi connectivity index (χ2n) is 5.28. The molecule has 0 bridgehead atoms. The molecule has 0 fully saturated rings. The first-order valence-electron chi connectivity index (χ1n) is 6.74. The van der Waals surface area contributed by atoms with Crippen LogP contribution >= 0.6 is 0 Å². The maximum absolute atomic E-state index is 10.1. The Balaban J connectivity index is 2.10. The van der Waals surface area contributed by atoms with Crippen LogP contribution in [0.4, 0.5) is 0 Å². The molecule has 0 aromatic heterocycles. The molecule has 3 aromatic rings. The fourth-order valence-corrected chi connectivity index (χ4v) is 2.98. The zero-order valence-corrected chi connectivity index (χ0v) is 10.8. The van der Waals surface area contributed by atoms with Crippen LogP contribution in [-0.4, -0.2) is 16.3 Å². The van der Waals surface area contributed by atoms with Gasteiger partial charge in [0.2, 0.25) is 0 Å². The van der Waals surface area contributed by atoms with Crippen molar-refractivity contribution in [2.45, 2.75) is 12.2 Å². The third kappa shape index (κ3) is 1.59. The van der Waals surface area contributed by atoms with Gasteiger partial charge in [0.25, 0.3) is 0 Å². The van der Waals surface area contributed by atoms with Crippen molar-refractivity contribution in [2.24, 2.45) is 0 Å². The molecule has 0 unspecified atom stereocenters. The van der Waals surface area contributed by atoms with E-state index in [-0.39, 0.29) is 0 Å². The molecule has 0 amide bonds. The van der Waals surface area contributed by atoms with E-state index in [0.29, 0.717) is 0 Å². The topological polar surface area (TPSA) is 40.5 Å². The minimum atomic E-state index is -0.842. The molecule has 0 radical (unpaired) electrons.